The molecule has 0 saturated heterocycles. The average Bonchev–Trinajstić information content (AvgIpc) is 3.06. The third kappa shape index (κ3) is 3.97. The number of nitrogens with zero attached hydrogens (tertiary/aromatic N) is 1. The summed E-state index contributed by atoms with van der Waals surface area (Å²) in [6, 6.07) is 9.91. The maximum atomic E-state index is 13.0. The van der Waals surface area contributed by atoms with Crippen LogP contribution in [0.25, 0.3) is 0 Å². The Morgan fingerprint density at radius 3 is 2.53 bits per heavy atom. The molecule has 2 aromatic rings. The zero-order valence-electron chi connectivity index (χ0n) is 17.6. The van der Waals surface area contributed by atoms with Gasteiger partial charge in [0, 0.05) is 40.3 Å². The number of methoxy groups -OCH3 is 1. The molecule has 0 bridgehead atoms. The summed E-state index contributed by atoms with van der Waals surface area (Å²) in [5.41, 5.74) is 4.90. The molecule has 0 atom stereocenters. The molecule has 0 unspecified atom stereocenters. The summed E-state index contributed by atoms with van der Waals surface area (Å²) in [6.45, 7) is 4.71. The lowest BCUT2D eigenvalue weighted by atomic mass is 9.84. The van der Waals surface area contributed by atoms with Crippen LogP contribution in [0.3, 0.4) is 0 Å². The number of hydrogen-bond donors (Lipinski definition) is 1. The molecule has 0 spiro atoms. The molecule has 1 aliphatic carbocycles. The van der Waals surface area contributed by atoms with Crippen LogP contribution in [0.15, 0.2) is 34.8 Å². The van der Waals surface area contributed by atoms with Crippen molar-refractivity contribution in [3.8, 4) is 5.75 Å². The fourth-order valence-electron chi connectivity index (χ4n) is 4.66. The number of hydrogen-bond acceptors (Lipinski definition) is 3. The van der Waals surface area contributed by atoms with E-state index in [0.717, 1.165) is 63.8 Å². The lowest BCUT2D eigenvalue weighted by Gasteiger charge is -2.34. The summed E-state index contributed by atoms with van der Waals surface area (Å²) in [4.78, 5) is 27.7. The van der Waals surface area contributed by atoms with Crippen LogP contribution in [0, 0.1) is 19.8 Å². The van der Waals surface area contributed by atoms with Crippen molar-refractivity contribution in [2.75, 3.05) is 12.4 Å². The van der Waals surface area contributed by atoms with Crippen LogP contribution in [0.4, 0.5) is 5.69 Å². The van der Waals surface area contributed by atoms with Gasteiger partial charge in [-0.15, -0.1) is 0 Å². The number of ether oxygens (including phenoxy) is 1. The quantitative estimate of drug-likeness (QED) is 0.665. The molecule has 2 aliphatic rings. The molecule has 158 valence electrons. The number of aryl methyl sites for hydroxylation is 2. The number of carbonyl (C=O) groups is 2. The summed E-state index contributed by atoms with van der Waals surface area (Å²) in [7, 11) is 1.63. The molecular formula is C24H27BrN2O3. The summed E-state index contributed by atoms with van der Waals surface area (Å²) in [5.74, 6) is 0.916. The van der Waals surface area contributed by atoms with Gasteiger partial charge in [-0.1, -0.05) is 22.0 Å². The van der Waals surface area contributed by atoms with Gasteiger partial charge in [0.1, 0.15) is 5.75 Å². The molecule has 1 saturated carbocycles. The van der Waals surface area contributed by atoms with Crippen molar-refractivity contribution in [3.05, 3.63) is 57.1 Å². The molecule has 0 aromatic heterocycles. The highest BCUT2D eigenvalue weighted by molar-refractivity contribution is 9.10. The minimum absolute atomic E-state index is 0.0236. The molecule has 1 heterocycles. The van der Waals surface area contributed by atoms with Gasteiger partial charge in [-0.05, 0) is 74.4 Å². The largest absolute Gasteiger partial charge is 0.496 e. The van der Waals surface area contributed by atoms with Crippen LogP contribution < -0.4 is 10.1 Å². The zero-order valence-corrected chi connectivity index (χ0v) is 19.2. The molecule has 1 fully saturated rings. The Morgan fingerprint density at radius 2 is 1.83 bits per heavy atom. The first-order chi connectivity index (χ1) is 14.4. The Hall–Kier alpha value is -2.34. The number of halogens is 1. The Kier molecular flexibility index (Phi) is 5.87. The summed E-state index contributed by atoms with van der Waals surface area (Å²) in [6.07, 6.45) is 3.30. The normalized spacial score (nSPS) is 20.8. The molecule has 1 aliphatic heterocycles. The summed E-state index contributed by atoms with van der Waals surface area (Å²) >= 11 is 3.50. The third-order valence-electron chi connectivity index (χ3n) is 6.44. The number of rotatable bonds is 4. The van der Waals surface area contributed by atoms with Gasteiger partial charge in [-0.25, -0.2) is 0 Å². The smallest absolute Gasteiger partial charge is 0.254 e. The summed E-state index contributed by atoms with van der Waals surface area (Å²) in [5, 5.41) is 3.03. The number of fused-ring (bicyclic) bond motifs is 1. The molecule has 1 N–H and O–H groups in total. The van der Waals surface area contributed by atoms with Crippen LogP contribution in [0.2, 0.25) is 0 Å². The van der Waals surface area contributed by atoms with Gasteiger partial charge in [0.25, 0.3) is 5.91 Å². The fraction of sp³-hybridized carbons (Fsp3) is 0.417. The van der Waals surface area contributed by atoms with Crippen LogP contribution in [0.1, 0.15) is 52.7 Å². The third-order valence-corrected chi connectivity index (χ3v) is 6.90. The minimum Gasteiger partial charge on any atom is -0.496 e. The van der Waals surface area contributed by atoms with E-state index >= 15 is 0 Å². The Bertz CT molecular complexity index is 996. The first-order valence-electron chi connectivity index (χ1n) is 10.4. The monoisotopic (exact) mass is 470 g/mol. The van der Waals surface area contributed by atoms with E-state index in [4.69, 9.17) is 4.74 Å². The van der Waals surface area contributed by atoms with Crippen molar-refractivity contribution in [1.82, 2.24) is 4.90 Å². The van der Waals surface area contributed by atoms with E-state index in [0.29, 0.717) is 6.54 Å². The second-order valence-corrected chi connectivity index (χ2v) is 9.28. The van der Waals surface area contributed by atoms with E-state index in [2.05, 4.69) is 34.2 Å². The number of anilines is 1. The molecule has 4 rings (SSSR count). The highest BCUT2D eigenvalue weighted by Crippen LogP contribution is 2.36. The summed E-state index contributed by atoms with van der Waals surface area (Å²) < 4.78 is 6.29. The SMILES string of the molecule is COc1cc(NC(=O)C2CCC(N3Cc4c(C)cc(Br)cc4C3=O)CC2)ccc1C. The molecular weight excluding hydrogens is 444 g/mol. The number of nitrogens with one attached hydrogen (secondary N) is 1. The van der Waals surface area contributed by atoms with Crippen LogP contribution in [-0.4, -0.2) is 29.9 Å². The Balaban J connectivity index is 1.37. The highest BCUT2D eigenvalue weighted by Gasteiger charge is 2.37. The Labute approximate surface area is 185 Å². The van der Waals surface area contributed by atoms with Gasteiger partial charge in [-0.3, -0.25) is 9.59 Å². The van der Waals surface area contributed by atoms with Gasteiger partial charge in [0.2, 0.25) is 5.91 Å². The molecule has 2 amide bonds. The zero-order chi connectivity index (χ0) is 21.4. The molecule has 0 radical (unpaired) electrons. The lowest BCUT2D eigenvalue weighted by Crippen LogP contribution is -2.40. The number of benzene rings is 2. The van der Waals surface area contributed by atoms with E-state index < -0.39 is 0 Å². The van der Waals surface area contributed by atoms with Gasteiger partial charge >= 0.3 is 0 Å². The van der Waals surface area contributed by atoms with E-state index in [1.165, 1.54) is 0 Å². The van der Waals surface area contributed by atoms with Crippen molar-refractivity contribution in [1.29, 1.82) is 0 Å². The Morgan fingerprint density at radius 1 is 1.10 bits per heavy atom. The topological polar surface area (TPSA) is 58.6 Å². The van der Waals surface area contributed by atoms with E-state index in [1.54, 1.807) is 7.11 Å². The predicted molar refractivity (Wildman–Crippen MR) is 121 cm³/mol. The van der Waals surface area contributed by atoms with Crippen molar-refractivity contribution in [2.24, 2.45) is 5.92 Å². The van der Waals surface area contributed by atoms with Gasteiger partial charge < -0.3 is 15.0 Å². The minimum atomic E-state index is -0.0236. The van der Waals surface area contributed by atoms with E-state index in [1.807, 2.05) is 36.1 Å². The average molecular weight is 471 g/mol. The lowest BCUT2D eigenvalue weighted by molar-refractivity contribution is -0.121. The van der Waals surface area contributed by atoms with E-state index in [-0.39, 0.29) is 23.8 Å². The highest BCUT2D eigenvalue weighted by atomic mass is 79.9. The van der Waals surface area contributed by atoms with Gasteiger partial charge in [-0.2, -0.15) is 0 Å². The van der Waals surface area contributed by atoms with Crippen molar-refractivity contribution in [3.63, 3.8) is 0 Å². The second kappa shape index (κ2) is 8.42. The maximum Gasteiger partial charge on any atom is 0.254 e. The first-order valence-corrected chi connectivity index (χ1v) is 11.2. The van der Waals surface area contributed by atoms with Crippen molar-refractivity contribution in [2.45, 2.75) is 52.1 Å². The molecule has 5 nitrogen and oxygen atoms in total. The number of amides is 2. The van der Waals surface area contributed by atoms with Gasteiger partial charge in [0.05, 0.1) is 7.11 Å². The second-order valence-electron chi connectivity index (χ2n) is 8.36. The fourth-order valence-corrected chi connectivity index (χ4v) is 5.23. The van der Waals surface area contributed by atoms with Crippen molar-refractivity contribution < 1.29 is 14.3 Å². The maximum absolute atomic E-state index is 13.0. The number of carbonyl (C=O) groups excluding carboxylic acids is 2. The van der Waals surface area contributed by atoms with Crippen LogP contribution in [-0.2, 0) is 11.3 Å². The van der Waals surface area contributed by atoms with Crippen molar-refractivity contribution >= 4 is 33.4 Å². The predicted octanol–water partition coefficient (Wildman–Crippen LogP) is 5.23. The first kappa shape index (κ1) is 20.9. The van der Waals surface area contributed by atoms with Crippen LogP contribution in [0.5, 0.6) is 5.75 Å². The standard InChI is InChI=1S/C24H27BrN2O3/c1-14-4-7-18(12-22(14)30-3)26-23(28)16-5-8-19(9-6-16)27-13-21-15(2)10-17(25)11-20(21)24(27)29/h4,7,10-12,16,19H,5-6,8-9,13H2,1-3H3,(H,26,28). The molecule has 30 heavy (non-hydrogen) atoms. The molecule has 2 aromatic carbocycles. The van der Waals surface area contributed by atoms with Crippen LogP contribution >= 0.6 is 15.9 Å². The van der Waals surface area contributed by atoms with Gasteiger partial charge in [0.15, 0.2) is 0 Å². The molecule has 6 heteroatoms. The van der Waals surface area contributed by atoms with E-state index in [9.17, 15) is 9.59 Å².